The zero-order valence-electron chi connectivity index (χ0n) is 11.1. The predicted octanol–water partition coefficient (Wildman–Crippen LogP) is 0.976. The maximum atomic E-state index is 12.0. The van der Waals surface area contributed by atoms with Crippen LogP contribution in [0.1, 0.15) is 31.2 Å². The number of nitrogens with one attached hydrogen (secondary N) is 1. The van der Waals surface area contributed by atoms with Gasteiger partial charge in [-0.3, -0.25) is 4.79 Å². The molecule has 4 nitrogen and oxygen atoms in total. The van der Waals surface area contributed by atoms with Crippen molar-refractivity contribution in [3.8, 4) is 0 Å². The number of aliphatic hydroxyl groups excluding tert-OH is 1. The van der Waals surface area contributed by atoms with Crippen LogP contribution in [0, 0.1) is 0 Å². The molecular formula is C15H22N2O2. The predicted molar refractivity (Wildman–Crippen MR) is 74.5 cm³/mol. The number of benzene rings is 1. The molecule has 0 aromatic heterocycles. The van der Waals surface area contributed by atoms with Crippen molar-refractivity contribution in [1.29, 1.82) is 0 Å². The van der Waals surface area contributed by atoms with Crippen molar-refractivity contribution in [3.05, 3.63) is 35.9 Å². The standard InChI is InChI=1S/C15H22N2O2/c16-14(9-11-5-2-1-3-6-11)15(19)17-12-7-4-8-13(18)10-12/h1-3,5-6,12-14,18H,4,7-10,16H2,(H,17,19). The van der Waals surface area contributed by atoms with Gasteiger partial charge >= 0.3 is 0 Å². The number of hydrogen-bond donors (Lipinski definition) is 3. The average Bonchev–Trinajstić information content (AvgIpc) is 2.40. The lowest BCUT2D eigenvalue weighted by Gasteiger charge is -2.27. The highest BCUT2D eigenvalue weighted by atomic mass is 16.3. The number of carbonyl (C=O) groups is 1. The Hall–Kier alpha value is -1.39. The summed E-state index contributed by atoms with van der Waals surface area (Å²) in [5, 5.41) is 12.5. The van der Waals surface area contributed by atoms with Crippen molar-refractivity contribution in [2.75, 3.05) is 0 Å². The largest absolute Gasteiger partial charge is 0.393 e. The highest BCUT2D eigenvalue weighted by Crippen LogP contribution is 2.18. The first-order chi connectivity index (χ1) is 9.15. The summed E-state index contributed by atoms with van der Waals surface area (Å²) < 4.78 is 0. The molecule has 0 saturated heterocycles. The van der Waals surface area contributed by atoms with E-state index in [-0.39, 0.29) is 18.1 Å². The Labute approximate surface area is 114 Å². The number of aliphatic hydroxyl groups is 1. The third-order valence-electron chi connectivity index (χ3n) is 3.63. The van der Waals surface area contributed by atoms with E-state index >= 15 is 0 Å². The van der Waals surface area contributed by atoms with Gasteiger partial charge in [-0.05, 0) is 37.7 Å². The van der Waals surface area contributed by atoms with Gasteiger partial charge in [0.05, 0.1) is 12.1 Å². The molecule has 0 bridgehead atoms. The van der Waals surface area contributed by atoms with E-state index in [9.17, 15) is 9.90 Å². The number of nitrogens with two attached hydrogens (primary N) is 1. The van der Waals surface area contributed by atoms with E-state index in [1.165, 1.54) is 0 Å². The summed E-state index contributed by atoms with van der Waals surface area (Å²) in [5.41, 5.74) is 6.99. The van der Waals surface area contributed by atoms with Crippen LogP contribution in [0.25, 0.3) is 0 Å². The Morgan fingerprint density at radius 2 is 2.11 bits per heavy atom. The molecule has 0 heterocycles. The molecule has 19 heavy (non-hydrogen) atoms. The third kappa shape index (κ3) is 4.33. The maximum absolute atomic E-state index is 12.0. The molecule has 1 aromatic carbocycles. The maximum Gasteiger partial charge on any atom is 0.237 e. The summed E-state index contributed by atoms with van der Waals surface area (Å²) >= 11 is 0. The van der Waals surface area contributed by atoms with Crippen molar-refractivity contribution in [2.45, 2.75) is 50.3 Å². The molecule has 2 rings (SSSR count). The third-order valence-corrected chi connectivity index (χ3v) is 3.63. The normalized spacial score (nSPS) is 24.7. The first-order valence-electron chi connectivity index (χ1n) is 6.93. The van der Waals surface area contributed by atoms with E-state index < -0.39 is 6.04 Å². The molecule has 0 aliphatic heterocycles. The van der Waals surface area contributed by atoms with E-state index in [1.807, 2.05) is 30.3 Å². The summed E-state index contributed by atoms with van der Waals surface area (Å²) in [6.45, 7) is 0. The summed E-state index contributed by atoms with van der Waals surface area (Å²) in [7, 11) is 0. The fraction of sp³-hybridized carbons (Fsp3) is 0.533. The molecule has 1 fully saturated rings. The minimum atomic E-state index is -0.526. The van der Waals surface area contributed by atoms with Crippen LogP contribution in [0.15, 0.2) is 30.3 Å². The minimum absolute atomic E-state index is 0.0677. The van der Waals surface area contributed by atoms with Gasteiger partial charge in [-0.2, -0.15) is 0 Å². The lowest BCUT2D eigenvalue weighted by Crippen LogP contribution is -2.48. The quantitative estimate of drug-likeness (QED) is 0.757. The molecule has 0 spiro atoms. The van der Waals surface area contributed by atoms with Gasteiger partial charge in [0.15, 0.2) is 0 Å². The lowest BCUT2D eigenvalue weighted by atomic mass is 9.92. The van der Waals surface area contributed by atoms with Crippen molar-refractivity contribution in [3.63, 3.8) is 0 Å². The van der Waals surface area contributed by atoms with Gasteiger partial charge < -0.3 is 16.2 Å². The Bertz CT molecular complexity index is 408. The van der Waals surface area contributed by atoms with Crippen molar-refractivity contribution < 1.29 is 9.90 Å². The topological polar surface area (TPSA) is 75.4 Å². The van der Waals surface area contributed by atoms with Crippen LogP contribution in [0.5, 0.6) is 0 Å². The van der Waals surface area contributed by atoms with E-state index in [0.29, 0.717) is 12.8 Å². The van der Waals surface area contributed by atoms with Crippen molar-refractivity contribution in [1.82, 2.24) is 5.32 Å². The molecule has 1 saturated carbocycles. The van der Waals surface area contributed by atoms with Crippen LogP contribution in [0.3, 0.4) is 0 Å². The zero-order valence-corrected chi connectivity index (χ0v) is 11.1. The number of hydrogen-bond acceptors (Lipinski definition) is 3. The van der Waals surface area contributed by atoms with Gasteiger partial charge in [-0.1, -0.05) is 30.3 Å². The minimum Gasteiger partial charge on any atom is -0.393 e. The molecule has 3 atom stereocenters. The molecule has 1 aliphatic carbocycles. The fourth-order valence-electron chi connectivity index (χ4n) is 2.56. The summed E-state index contributed by atoms with van der Waals surface area (Å²) in [5.74, 6) is -0.122. The Balaban J connectivity index is 1.82. The van der Waals surface area contributed by atoms with Crippen LogP contribution < -0.4 is 11.1 Å². The second-order valence-corrected chi connectivity index (χ2v) is 5.32. The van der Waals surface area contributed by atoms with E-state index in [4.69, 9.17) is 5.73 Å². The zero-order chi connectivity index (χ0) is 13.7. The monoisotopic (exact) mass is 262 g/mol. The average molecular weight is 262 g/mol. The molecule has 3 unspecified atom stereocenters. The van der Waals surface area contributed by atoms with Crippen LogP contribution >= 0.6 is 0 Å². The SMILES string of the molecule is NC(Cc1ccccc1)C(=O)NC1CCCC(O)C1. The van der Waals surface area contributed by atoms with Gasteiger partial charge in [-0.15, -0.1) is 0 Å². The summed E-state index contributed by atoms with van der Waals surface area (Å²) in [4.78, 5) is 12.0. The number of rotatable bonds is 4. The van der Waals surface area contributed by atoms with Crippen LogP contribution in [0.4, 0.5) is 0 Å². The Morgan fingerprint density at radius 1 is 1.37 bits per heavy atom. The van der Waals surface area contributed by atoms with Crippen molar-refractivity contribution >= 4 is 5.91 Å². The van der Waals surface area contributed by atoms with E-state index in [0.717, 1.165) is 24.8 Å². The number of amides is 1. The molecule has 104 valence electrons. The summed E-state index contributed by atoms with van der Waals surface area (Å²) in [6.07, 6.45) is 3.62. The van der Waals surface area contributed by atoms with Crippen LogP contribution in [-0.4, -0.2) is 29.2 Å². The molecule has 0 radical (unpaired) electrons. The molecule has 4 N–H and O–H groups in total. The van der Waals surface area contributed by atoms with Crippen LogP contribution in [-0.2, 0) is 11.2 Å². The Morgan fingerprint density at radius 3 is 2.79 bits per heavy atom. The van der Waals surface area contributed by atoms with Gasteiger partial charge in [0.2, 0.25) is 5.91 Å². The summed E-state index contributed by atoms with van der Waals surface area (Å²) in [6, 6.07) is 9.31. The van der Waals surface area contributed by atoms with Gasteiger partial charge in [0.25, 0.3) is 0 Å². The van der Waals surface area contributed by atoms with E-state index in [2.05, 4.69) is 5.32 Å². The molecule has 4 heteroatoms. The smallest absolute Gasteiger partial charge is 0.237 e. The van der Waals surface area contributed by atoms with Crippen LogP contribution in [0.2, 0.25) is 0 Å². The highest BCUT2D eigenvalue weighted by molar-refractivity contribution is 5.82. The fourth-order valence-corrected chi connectivity index (χ4v) is 2.56. The Kier molecular flexibility index (Phi) is 4.93. The first kappa shape index (κ1) is 14.0. The van der Waals surface area contributed by atoms with E-state index in [1.54, 1.807) is 0 Å². The lowest BCUT2D eigenvalue weighted by molar-refractivity contribution is -0.123. The molecular weight excluding hydrogens is 240 g/mol. The molecule has 1 amide bonds. The van der Waals surface area contributed by atoms with Gasteiger partial charge in [0.1, 0.15) is 0 Å². The first-order valence-corrected chi connectivity index (χ1v) is 6.93. The highest BCUT2D eigenvalue weighted by Gasteiger charge is 2.23. The number of carbonyl (C=O) groups excluding carboxylic acids is 1. The second kappa shape index (κ2) is 6.68. The van der Waals surface area contributed by atoms with Gasteiger partial charge in [-0.25, -0.2) is 0 Å². The van der Waals surface area contributed by atoms with Crippen molar-refractivity contribution in [2.24, 2.45) is 5.73 Å². The molecule has 1 aromatic rings. The second-order valence-electron chi connectivity index (χ2n) is 5.32. The van der Waals surface area contributed by atoms with Gasteiger partial charge in [0, 0.05) is 6.04 Å². The molecule has 1 aliphatic rings.